The Balaban J connectivity index is 1.44. The quantitative estimate of drug-likeness (QED) is 0.327. The van der Waals surface area contributed by atoms with E-state index in [4.69, 9.17) is 31.5 Å². The first-order valence-electron chi connectivity index (χ1n) is 11.4. The Bertz CT molecular complexity index is 1310. The van der Waals surface area contributed by atoms with Crippen LogP contribution in [0, 0.1) is 0 Å². The highest BCUT2D eigenvalue weighted by atomic mass is 35.5. The summed E-state index contributed by atoms with van der Waals surface area (Å²) in [6.45, 7) is -0.731. The van der Waals surface area contributed by atoms with E-state index in [9.17, 15) is 9.50 Å². The van der Waals surface area contributed by atoms with E-state index >= 15 is 0 Å². The lowest BCUT2D eigenvalue weighted by molar-refractivity contribution is -0.164. The van der Waals surface area contributed by atoms with Crippen LogP contribution in [0.25, 0.3) is 11.2 Å². The largest absolute Gasteiger partial charge is 0.386 e. The summed E-state index contributed by atoms with van der Waals surface area (Å²) in [6, 6.07) is 18.9. The molecule has 2 aromatic heterocycles. The SMILES string of the molecule is Nc1nc(Cl)c2ncn([C@@H]3O[C@](CF)(COCc4ccccc4)[C@@H](OCc4ccccc4)[C@H]3O)c2n1. The molecule has 3 N–H and O–H groups in total. The van der Waals surface area contributed by atoms with E-state index in [2.05, 4.69) is 15.0 Å². The molecule has 0 spiro atoms. The van der Waals surface area contributed by atoms with Crippen LogP contribution >= 0.6 is 11.6 Å². The predicted molar refractivity (Wildman–Crippen MR) is 131 cm³/mol. The number of hydrogen-bond donors (Lipinski definition) is 2. The third-order valence-corrected chi connectivity index (χ3v) is 6.37. The number of anilines is 1. The molecule has 5 rings (SSSR count). The van der Waals surface area contributed by atoms with Gasteiger partial charge in [-0.3, -0.25) is 4.57 Å². The van der Waals surface area contributed by atoms with Crippen molar-refractivity contribution in [2.75, 3.05) is 19.0 Å². The minimum Gasteiger partial charge on any atom is -0.386 e. The molecule has 0 unspecified atom stereocenters. The van der Waals surface area contributed by atoms with Crippen molar-refractivity contribution in [1.29, 1.82) is 0 Å². The lowest BCUT2D eigenvalue weighted by Gasteiger charge is -2.31. The highest BCUT2D eigenvalue weighted by molar-refractivity contribution is 6.33. The summed E-state index contributed by atoms with van der Waals surface area (Å²) < 4.78 is 34.4. The molecule has 188 valence electrons. The molecule has 0 amide bonds. The van der Waals surface area contributed by atoms with Gasteiger partial charge in [0.2, 0.25) is 5.95 Å². The summed E-state index contributed by atoms with van der Waals surface area (Å²) in [4.78, 5) is 12.3. The second-order valence-electron chi connectivity index (χ2n) is 8.59. The maximum absolute atomic E-state index is 14.8. The number of nitrogens with two attached hydrogens (primary N) is 1. The van der Waals surface area contributed by atoms with Gasteiger partial charge < -0.3 is 25.1 Å². The molecule has 0 aliphatic carbocycles. The Kier molecular flexibility index (Phi) is 7.13. The summed E-state index contributed by atoms with van der Waals surface area (Å²) in [7, 11) is 0. The van der Waals surface area contributed by atoms with Gasteiger partial charge in [-0.1, -0.05) is 72.3 Å². The van der Waals surface area contributed by atoms with Crippen LogP contribution in [-0.2, 0) is 27.4 Å². The summed E-state index contributed by atoms with van der Waals surface area (Å²) in [5.41, 5.74) is 6.50. The standard InChI is InChI=1S/C25H25ClFN5O4/c26-21-18-22(31-24(28)30-21)32(15-29-18)23-19(33)20(35-12-17-9-5-2-6-10-17)25(13-27,36-23)14-34-11-16-7-3-1-4-8-16/h1-10,15,19-20,23,33H,11-14H2,(H2,28,30,31)/t19-,20+,23-,25-/m1/s1. The molecule has 1 aliphatic heterocycles. The van der Waals surface area contributed by atoms with Gasteiger partial charge in [-0.05, 0) is 11.1 Å². The molecule has 4 atom stereocenters. The lowest BCUT2D eigenvalue weighted by atomic mass is 9.97. The smallest absolute Gasteiger partial charge is 0.223 e. The number of nitrogens with zero attached hydrogens (tertiary/aromatic N) is 4. The summed E-state index contributed by atoms with van der Waals surface area (Å²) in [6.07, 6.45) is -2.03. The van der Waals surface area contributed by atoms with Crippen LogP contribution < -0.4 is 5.73 Å². The molecule has 0 radical (unpaired) electrons. The third-order valence-electron chi connectivity index (χ3n) is 6.10. The van der Waals surface area contributed by atoms with Crippen molar-refractivity contribution >= 4 is 28.7 Å². The van der Waals surface area contributed by atoms with E-state index in [1.54, 1.807) is 0 Å². The maximum atomic E-state index is 14.8. The molecule has 4 aromatic rings. The van der Waals surface area contributed by atoms with Gasteiger partial charge in [0.05, 0.1) is 26.1 Å². The van der Waals surface area contributed by atoms with Crippen molar-refractivity contribution in [1.82, 2.24) is 19.5 Å². The Morgan fingerprint density at radius 1 is 1.06 bits per heavy atom. The Labute approximate surface area is 211 Å². The van der Waals surface area contributed by atoms with Crippen LogP contribution in [0.2, 0.25) is 5.15 Å². The van der Waals surface area contributed by atoms with Crippen LogP contribution in [-0.4, -0.2) is 55.7 Å². The zero-order chi connectivity index (χ0) is 25.1. The van der Waals surface area contributed by atoms with Crippen molar-refractivity contribution in [2.24, 2.45) is 0 Å². The number of benzene rings is 2. The average molecular weight is 514 g/mol. The fraction of sp³-hybridized carbons (Fsp3) is 0.320. The van der Waals surface area contributed by atoms with Crippen molar-refractivity contribution in [2.45, 2.75) is 37.3 Å². The second-order valence-corrected chi connectivity index (χ2v) is 8.95. The minimum absolute atomic E-state index is 0.0589. The summed E-state index contributed by atoms with van der Waals surface area (Å²) in [5, 5.41) is 11.4. The number of ether oxygens (including phenoxy) is 3. The van der Waals surface area contributed by atoms with E-state index in [0.717, 1.165) is 11.1 Å². The number of aliphatic hydroxyl groups is 1. The van der Waals surface area contributed by atoms with Gasteiger partial charge >= 0.3 is 0 Å². The van der Waals surface area contributed by atoms with E-state index < -0.39 is 30.7 Å². The number of nitrogen functional groups attached to an aromatic ring is 1. The second kappa shape index (κ2) is 10.5. The zero-order valence-electron chi connectivity index (χ0n) is 19.2. The Morgan fingerprint density at radius 3 is 2.39 bits per heavy atom. The molecular weight excluding hydrogens is 489 g/mol. The molecule has 11 heteroatoms. The van der Waals surface area contributed by atoms with Crippen molar-refractivity contribution < 1.29 is 23.7 Å². The van der Waals surface area contributed by atoms with Gasteiger partial charge in [0.25, 0.3) is 0 Å². The number of aliphatic hydroxyl groups excluding tert-OH is 1. The van der Waals surface area contributed by atoms with Gasteiger partial charge in [0, 0.05) is 0 Å². The number of alkyl halides is 1. The zero-order valence-corrected chi connectivity index (χ0v) is 20.0. The Hall–Kier alpha value is -3.15. The molecule has 9 nitrogen and oxygen atoms in total. The molecular formula is C25H25ClFN5O4. The van der Waals surface area contributed by atoms with Crippen LogP contribution in [0.1, 0.15) is 17.4 Å². The van der Waals surface area contributed by atoms with E-state index in [-0.39, 0.29) is 42.1 Å². The number of rotatable bonds is 9. The first-order chi connectivity index (χ1) is 17.5. The normalized spacial score (nSPS) is 23.9. The molecule has 1 aliphatic rings. The summed E-state index contributed by atoms with van der Waals surface area (Å²) >= 11 is 6.16. The average Bonchev–Trinajstić information content (AvgIpc) is 3.43. The van der Waals surface area contributed by atoms with Gasteiger partial charge in [0.15, 0.2) is 22.6 Å². The van der Waals surface area contributed by atoms with Gasteiger partial charge in [-0.2, -0.15) is 9.97 Å². The molecule has 2 aromatic carbocycles. The highest BCUT2D eigenvalue weighted by Gasteiger charge is 2.57. The van der Waals surface area contributed by atoms with E-state index in [0.29, 0.717) is 0 Å². The molecule has 36 heavy (non-hydrogen) atoms. The summed E-state index contributed by atoms with van der Waals surface area (Å²) in [5.74, 6) is -0.0680. The third kappa shape index (κ3) is 4.78. The molecule has 1 fully saturated rings. The molecule has 0 bridgehead atoms. The predicted octanol–water partition coefficient (Wildman–Crippen LogP) is 3.46. The van der Waals surface area contributed by atoms with Crippen molar-refractivity contribution in [3.63, 3.8) is 0 Å². The number of halogens is 2. The van der Waals surface area contributed by atoms with Gasteiger partial charge in [-0.25, -0.2) is 9.37 Å². The molecule has 3 heterocycles. The maximum Gasteiger partial charge on any atom is 0.223 e. The fourth-order valence-corrected chi connectivity index (χ4v) is 4.55. The van der Waals surface area contributed by atoms with E-state index in [1.807, 2.05) is 60.7 Å². The first kappa shape index (κ1) is 24.5. The van der Waals surface area contributed by atoms with E-state index in [1.165, 1.54) is 10.9 Å². The topological polar surface area (TPSA) is 118 Å². The monoisotopic (exact) mass is 513 g/mol. The van der Waals surface area contributed by atoms with Crippen LogP contribution in [0.4, 0.5) is 10.3 Å². The number of aromatic nitrogens is 4. The van der Waals surface area contributed by atoms with Crippen LogP contribution in [0.5, 0.6) is 0 Å². The number of fused-ring (bicyclic) bond motifs is 1. The fourth-order valence-electron chi connectivity index (χ4n) is 4.33. The van der Waals surface area contributed by atoms with Crippen LogP contribution in [0.3, 0.4) is 0 Å². The Morgan fingerprint density at radius 2 is 1.72 bits per heavy atom. The molecule has 1 saturated heterocycles. The van der Waals surface area contributed by atoms with Crippen molar-refractivity contribution in [3.8, 4) is 0 Å². The lowest BCUT2D eigenvalue weighted by Crippen LogP contribution is -2.50. The minimum atomic E-state index is -1.59. The van der Waals surface area contributed by atoms with Gasteiger partial charge in [0.1, 0.15) is 24.4 Å². The highest BCUT2D eigenvalue weighted by Crippen LogP contribution is 2.41. The van der Waals surface area contributed by atoms with Gasteiger partial charge in [-0.15, -0.1) is 0 Å². The molecule has 0 saturated carbocycles. The number of hydrogen-bond acceptors (Lipinski definition) is 8. The number of imidazole rings is 1. The van der Waals surface area contributed by atoms with Crippen molar-refractivity contribution in [3.05, 3.63) is 83.3 Å². The first-order valence-corrected chi connectivity index (χ1v) is 11.7. The van der Waals surface area contributed by atoms with Crippen LogP contribution in [0.15, 0.2) is 67.0 Å².